The molecule has 4 nitrogen and oxygen atoms in total. The predicted molar refractivity (Wildman–Crippen MR) is 24.3 cm³/mol. The van der Waals surface area contributed by atoms with E-state index in [0.29, 0.717) is 0 Å². The maximum atomic E-state index is 12.2. The standard InChI is InChI=1S/C3F6N4/c4-2(5,3(6,7)8)1-10-12-13(9)11-1. The molecule has 0 bridgehead atoms. The van der Waals surface area contributed by atoms with E-state index in [1.165, 1.54) is 0 Å². The quantitative estimate of drug-likeness (QED) is 0.645. The van der Waals surface area contributed by atoms with Crippen LogP contribution in [-0.2, 0) is 5.92 Å². The van der Waals surface area contributed by atoms with Crippen molar-refractivity contribution in [2.45, 2.75) is 12.1 Å². The third-order valence-electron chi connectivity index (χ3n) is 1.03. The normalized spacial score (nSPS) is 13.4. The summed E-state index contributed by atoms with van der Waals surface area (Å²) in [6, 6.07) is 0. The molecular formula is C3F6N4. The van der Waals surface area contributed by atoms with Crippen molar-refractivity contribution in [1.29, 1.82) is 0 Å². The van der Waals surface area contributed by atoms with Crippen LogP contribution in [-0.4, -0.2) is 26.6 Å². The first-order valence-corrected chi connectivity index (χ1v) is 2.66. The lowest BCUT2D eigenvalue weighted by molar-refractivity contribution is -0.292. The monoisotopic (exact) mass is 206 g/mol. The molecule has 1 rings (SSSR count). The summed E-state index contributed by atoms with van der Waals surface area (Å²) in [4.78, 5) is 0. The summed E-state index contributed by atoms with van der Waals surface area (Å²) < 4.78 is 70.8. The topological polar surface area (TPSA) is 43.6 Å². The van der Waals surface area contributed by atoms with E-state index in [-0.39, 0.29) is 0 Å². The Morgan fingerprint density at radius 3 is 1.92 bits per heavy atom. The molecule has 1 heterocycles. The second-order valence-electron chi connectivity index (χ2n) is 1.93. The summed E-state index contributed by atoms with van der Waals surface area (Å²) in [5.41, 5.74) is 0. The van der Waals surface area contributed by atoms with Gasteiger partial charge in [0.1, 0.15) is 0 Å². The van der Waals surface area contributed by atoms with E-state index in [0.717, 1.165) is 0 Å². The number of hydrogen-bond acceptors (Lipinski definition) is 3. The Kier molecular flexibility index (Phi) is 1.92. The fourth-order valence-electron chi connectivity index (χ4n) is 0.450. The second-order valence-corrected chi connectivity index (χ2v) is 1.93. The smallest absolute Gasteiger partial charge is 0.187 e. The third kappa shape index (κ3) is 1.55. The van der Waals surface area contributed by atoms with Gasteiger partial charge in [0.25, 0.3) is 5.82 Å². The summed E-state index contributed by atoms with van der Waals surface area (Å²) >= 11 is 0. The minimum Gasteiger partial charge on any atom is -0.187 e. The van der Waals surface area contributed by atoms with E-state index in [1.54, 1.807) is 0 Å². The molecule has 0 aliphatic rings. The lowest BCUT2D eigenvalue weighted by Gasteiger charge is -2.14. The van der Waals surface area contributed by atoms with Gasteiger partial charge < -0.3 is 0 Å². The molecule has 0 N–H and O–H groups in total. The first-order chi connectivity index (χ1) is 5.75. The van der Waals surface area contributed by atoms with E-state index >= 15 is 0 Å². The zero-order valence-electron chi connectivity index (χ0n) is 5.56. The van der Waals surface area contributed by atoms with Gasteiger partial charge in [-0.2, -0.15) is 22.0 Å². The van der Waals surface area contributed by atoms with E-state index < -0.39 is 22.9 Å². The molecule has 0 saturated carbocycles. The predicted octanol–water partition coefficient (Wildman–Crippen LogP) is 1.06. The molecule has 0 fully saturated rings. The van der Waals surface area contributed by atoms with Gasteiger partial charge in [-0.3, -0.25) is 0 Å². The molecule has 74 valence electrons. The number of tetrazole rings is 1. The average molecular weight is 206 g/mol. The Labute approximate surface area is 66.1 Å². The van der Waals surface area contributed by atoms with Gasteiger partial charge in [-0.1, -0.05) is 9.58 Å². The van der Waals surface area contributed by atoms with Crippen LogP contribution >= 0.6 is 0 Å². The molecule has 0 amide bonds. The molecular weight excluding hydrogens is 206 g/mol. The maximum absolute atomic E-state index is 12.2. The van der Waals surface area contributed by atoms with Gasteiger partial charge in [0.05, 0.1) is 0 Å². The van der Waals surface area contributed by atoms with Crippen LogP contribution in [0.15, 0.2) is 0 Å². The highest BCUT2D eigenvalue weighted by Crippen LogP contribution is 2.41. The first-order valence-electron chi connectivity index (χ1n) is 2.66. The molecule has 13 heavy (non-hydrogen) atoms. The zero-order valence-corrected chi connectivity index (χ0v) is 5.56. The van der Waals surface area contributed by atoms with Gasteiger partial charge in [0.15, 0.2) is 0 Å². The number of aromatic nitrogens is 4. The largest absolute Gasteiger partial charge is 0.461 e. The van der Waals surface area contributed by atoms with E-state index in [9.17, 15) is 26.4 Å². The highest BCUT2D eigenvalue weighted by Gasteiger charge is 2.62. The fraction of sp³-hybridized carbons (Fsp3) is 0.667. The number of alkyl halides is 5. The lowest BCUT2D eigenvalue weighted by atomic mass is 10.3. The summed E-state index contributed by atoms with van der Waals surface area (Å²) in [6.07, 6.45) is -5.87. The Balaban J connectivity index is 3.07. The van der Waals surface area contributed by atoms with Crippen molar-refractivity contribution in [2.24, 2.45) is 0 Å². The van der Waals surface area contributed by atoms with Crippen LogP contribution in [0.3, 0.4) is 0 Å². The fourth-order valence-corrected chi connectivity index (χ4v) is 0.450. The van der Waals surface area contributed by atoms with Crippen LogP contribution in [0.5, 0.6) is 0 Å². The number of hydrogen-bond donors (Lipinski definition) is 0. The Morgan fingerprint density at radius 1 is 1.08 bits per heavy atom. The Morgan fingerprint density at radius 2 is 1.62 bits per heavy atom. The third-order valence-corrected chi connectivity index (χ3v) is 1.03. The van der Waals surface area contributed by atoms with Gasteiger partial charge in [-0.05, 0) is 5.21 Å². The molecule has 0 aliphatic heterocycles. The van der Waals surface area contributed by atoms with Crippen molar-refractivity contribution < 1.29 is 26.4 Å². The molecule has 0 radical (unpaired) electrons. The highest BCUT2D eigenvalue weighted by molar-refractivity contribution is 4.95. The molecule has 1 aromatic heterocycles. The van der Waals surface area contributed by atoms with Gasteiger partial charge in [-0.15, -0.1) is 5.10 Å². The molecule has 0 unspecified atom stereocenters. The highest BCUT2D eigenvalue weighted by atomic mass is 19.4. The van der Waals surface area contributed by atoms with E-state index in [2.05, 4.69) is 15.4 Å². The van der Waals surface area contributed by atoms with Crippen LogP contribution in [0.4, 0.5) is 26.4 Å². The second kappa shape index (κ2) is 2.57. The molecule has 0 aromatic carbocycles. The van der Waals surface area contributed by atoms with Crippen LogP contribution in [0.1, 0.15) is 5.82 Å². The number of nitrogens with zero attached hydrogens (tertiary/aromatic N) is 4. The minimum atomic E-state index is -5.87. The Hall–Kier alpha value is -1.35. The summed E-state index contributed by atoms with van der Waals surface area (Å²) in [5.74, 6) is -7.32. The maximum Gasteiger partial charge on any atom is 0.461 e. The van der Waals surface area contributed by atoms with Gasteiger partial charge in [0, 0.05) is 5.02 Å². The average Bonchev–Trinajstić information content (AvgIpc) is 2.33. The van der Waals surface area contributed by atoms with Crippen LogP contribution in [0.2, 0.25) is 0 Å². The van der Waals surface area contributed by atoms with Crippen molar-refractivity contribution in [1.82, 2.24) is 20.4 Å². The minimum absolute atomic E-state index is 0.977. The van der Waals surface area contributed by atoms with E-state index in [4.69, 9.17) is 0 Å². The molecule has 10 heteroatoms. The van der Waals surface area contributed by atoms with Crippen molar-refractivity contribution in [2.75, 3.05) is 0 Å². The lowest BCUT2D eigenvalue weighted by Crippen LogP contribution is -2.34. The molecule has 0 saturated heterocycles. The molecule has 0 aliphatic carbocycles. The van der Waals surface area contributed by atoms with Crippen molar-refractivity contribution in [3.05, 3.63) is 5.82 Å². The van der Waals surface area contributed by atoms with Crippen LogP contribution < -0.4 is 0 Å². The summed E-state index contributed by atoms with van der Waals surface area (Å²) in [6.45, 7) is 0. The molecule has 0 spiro atoms. The number of halogens is 6. The SMILES string of the molecule is Fn1nnc(C(F)(F)C(F)(F)F)n1. The number of rotatable bonds is 1. The zero-order chi connectivity index (χ0) is 10.3. The van der Waals surface area contributed by atoms with Crippen LogP contribution in [0.25, 0.3) is 0 Å². The van der Waals surface area contributed by atoms with E-state index in [1.807, 2.05) is 0 Å². The summed E-state index contributed by atoms with van der Waals surface area (Å²) in [7, 11) is 0. The van der Waals surface area contributed by atoms with Crippen LogP contribution in [0, 0.1) is 0 Å². The van der Waals surface area contributed by atoms with Crippen molar-refractivity contribution >= 4 is 0 Å². The van der Waals surface area contributed by atoms with Crippen molar-refractivity contribution in [3.63, 3.8) is 0 Å². The van der Waals surface area contributed by atoms with Gasteiger partial charge >= 0.3 is 12.1 Å². The van der Waals surface area contributed by atoms with Crippen molar-refractivity contribution in [3.8, 4) is 0 Å². The molecule has 1 aromatic rings. The van der Waals surface area contributed by atoms with Gasteiger partial charge in [0.2, 0.25) is 0 Å². The first kappa shape index (κ1) is 9.74. The summed E-state index contributed by atoms with van der Waals surface area (Å²) in [5, 5.41) is 5.55. The molecule has 0 atom stereocenters. The Bertz CT molecular complexity index is 301. The van der Waals surface area contributed by atoms with Gasteiger partial charge in [-0.25, -0.2) is 0 Å².